The number of fused-ring (bicyclic) bond motifs is 1. The Morgan fingerprint density at radius 3 is 2.61 bits per heavy atom. The summed E-state index contributed by atoms with van der Waals surface area (Å²) < 4.78 is 37.0. The third-order valence-electron chi connectivity index (χ3n) is 4.57. The number of anilines is 1. The van der Waals surface area contributed by atoms with Crippen LogP contribution in [0.4, 0.5) is 5.69 Å². The number of nitrogens with zero attached hydrogens (tertiary/aromatic N) is 1. The zero-order valence-electron chi connectivity index (χ0n) is 18.0. The summed E-state index contributed by atoms with van der Waals surface area (Å²) in [5, 5.41) is 7.59. The number of carbonyl (C=O) groups is 1. The van der Waals surface area contributed by atoms with Crippen molar-refractivity contribution in [3.8, 4) is 5.75 Å². The highest BCUT2D eigenvalue weighted by Crippen LogP contribution is 2.24. The predicted octanol–water partition coefficient (Wildman–Crippen LogP) is 2.42. The van der Waals surface area contributed by atoms with Crippen LogP contribution in [0.3, 0.4) is 0 Å². The van der Waals surface area contributed by atoms with Crippen molar-refractivity contribution in [2.24, 2.45) is 0 Å². The van der Waals surface area contributed by atoms with Crippen molar-refractivity contribution in [2.75, 3.05) is 45.3 Å². The number of rotatable bonds is 12. The molecule has 33 heavy (non-hydrogen) atoms. The molecule has 0 fully saturated rings. The molecule has 3 N–H and O–H groups in total. The van der Waals surface area contributed by atoms with E-state index < -0.39 is 10.0 Å². The molecule has 1 aromatic heterocycles. The van der Waals surface area contributed by atoms with E-state index in [9.17, 15) is 13.2 Å². The lowest BCUT2D eigenvalue weighted by molar-refractivity contribution is -0.123. The first-order valence-electron chi connectivity index (χ1n) is 10.2. The van der Waals surface area contributed by atoms with E-state index in [0.717, 1.165) is 16.6 Å². The molecule has 0 bridgehead atoms. The number of amides is 1. The van der Waals surface area contributed by atoms with Crippen molar-refractivity contribution < 1.29 is 22.7 Å². The number of benzene rings is 2. The van der Waals surface area contributed by atoms with Crippen LogP contribution in [0, 0.1) is 0 Å². The lowest BCUT2D eigenvalue weighted by atomic mass is 10.2. The second kappa shape index (κ2) is 11.8. The van der Waals surface area contributed by atoms with E-state index >= 15 is 0 Å². The normalized spacial score (nSPS) is 11.3. The van der Waals surface area contributed by atoms with Gasteiger partial charge in [-0.2, -0.15) is 0 Å². The van der Waals surface area contributed by atoms with Crippen LogP contribution in [0.15, 0.2) is 59.6 Å². The molecule has 9 nitrogen and oxygen atoms in total. The van der Waals surface area contributed by atoms with E-state index in [-0.39, 0.29) is 30.6 Å². The molecular formula is C22H25ClN4O5S. The van der Waals surface area contributed by atoms with E-state index in [1.54, 1.807) is 18.3 Å². The summed E-state index contributed by atoms with van der Waals surface area (Å²) in [5.41, 5.74) is 1.68. The number of ether oxygens (including phenoxy) is 2. The molecular weight excluding hydrogens is 468 g/mol. The maximum atomic E-state index is 12.1. The van der Waals surface area contributed by atoms with Gasteiger partial charge in [-0.25, -0.2) is 13.1 Å². The molecule has 0 saturated carbocycles. The second-order valence-corrected chi connectivity index (χ2v) is 9.15. The molecule has 3 aromatic rings. The summed E-state index contributed by atoms with van der Waals surface area (Å²) in [6.45, 7) is 1.17. The Bertz CT molecular complexity index is 1190. The van der Waals surface area contributed by atoms with Crippen molar-refractivity contribution in [1.29, 1.82) is 0 Å². The van der Waals surface area contributed by atoms with Crippen molar-refractivity contribution in [3.63, 3.8) is 0 Å². The zero-order valence-corrected chi connectivity index (χ0v) is 19.6. The van der Waals surface area contributed by atoms with Gasteiger partial charge in [-0.15, -0.1) is 0 Å². The maximum absolute atomic E-state index is 12.1. The molecule has 0 unspecified atom stereocenters. The molecule has 0 spiro atoms. The molecule has 0 radical (unpaired) electrons. The smallest absolute Gasteiger partial charge is 0.258 e. The van der Waals surface area contributed by atoms with Crippen molar-refractivity contribution >= 4 is 44.1 Å². The third-order valence-corrected chi connectivity index (χ3v) is 6.28. The third kappa shape index (κ3) is 7.29. The number of halogens is 1. The Balaban J connectivity index is 1.41. The summed E-state index contributed by atoms with van der Waals surface area (Å²) in [4.78, 5) is 16.4. The minimum atomic E-state index is -3.62. The minimum Gasteiger partial charge on any atom is -0.484 e. The molecule has 3 rings (SSSR count). The van der Waals surface area contributed by atoms with Crippen molar-refractivity contribution in [1.82, 2.24) is 15.0 Å². The van der Waals surface area contributed by atoms with Crippen LogP contribution >= 0.6 is 11.6 Å². The SMILES string of the molecule is COCCNS(=O)(=O)c1ccc(OCC(=O)NCCNc2ccnc3cc(Cl)ccc23)cc1. The van der Waals surface area contributed by atoms with E-state index in [2.05, 4.69) is 20.3 Å². The average molecular weight is 493 g/mol. The highest BCUT2D eigenvalue weighted by Gasteiger charge is 2.13. The summed E-state index contributed by atoms with van der Waals surface area (Å²) in [6, 6.07) is 13.2. The van der Waals surface area contributed by atoms with Crippen molar-refractivity contribution in [2.45, 2.75) is 4.90 Å². The number of carbonyl (C=O) groups excluding carboxylic acids is 1. The summed E-state index contributed by atoms with van der Waals surface area (Å²) in [7, 11) is -2.12. The maximum Gasteiger partial charge on any atom is 0.258 e. The Labute approximate surface area is 197 Å². The van der Waals surface area contributed by atoms with Crippen LogP contribution in [0.2, 0.25) is 5.02 Å². The standard InChI is InChI=1S/C22H25ClN4O5S/c1-31-13-12-27-33(29,30)18-5-3-17(4-6-18)32-15-22(28)26-11-10-25-20-8-9-24-21-14-16(23)2-7-19(20)21/h2-9,14,27H,10-13,15H2,1H3,(H,24,25)(H,26,28). The number of methoxy groups -OCH3 is 1. The summed E-state index contributed by atoms with van der Waals surface area (Å²) >= 11 is 6.00. The fourth-order valence-electron chi connectivity index (χ4n) is 2.95. The van der Waals surface area contributed by atoms with Crippen LogP contribution in [-0.4, -0.2) is 59.3 Å². The van der Waals surface area contributed by atoms with E-state index in [1.807, 2.05) is 12.1 Å². The van der Waals surface area contributed by atoms with Gasteiger partial charge < -0.3 is 20.1 Å². The fourth-order valence-corrected chi connectivity index (χ4v) is 4.13. The molecule has 0 aliphatic heterocycles. The fraction of sp³-hybridized carbons (Fsp3) is 0.273. The van der Waals surface area contributed by atoms with E-state index in [4.69, 9.17) is 21.1 Å². The van der Waals surface area contributed by atoms with Crippen LogP contribution < -0.4 is 20.1 Å². The zero-order chi connectivity index (χ0) is 23.7. The first-order chi connectivity index (χ1) is 15.9. The van der Waals surface area contributed by atoms with Gasteiger partial charge in [0.2, 0.25) is 10.0 Å². The number of hydrogen-bond donors (Lipinski definition) is 3. The molecule has 1 heterocycles. The first-order valence-corrected chi connectivity index (χ1v) is 12.0. The number of hydrogen-bond acceptors (Lipinski definition) is 7. The quantitative estimate of drug-likeness (QED) is 0.332. The predicted molar refractivity (Wildman–Crippen MR) is 127 cm³/mol. The van der Waals surface area contributed by atoms with Gasteiger partial charge in [0.1, 0.15) is 5.75 Å². The van der Waals surface area contributed by atoms with E-state index in [0.29, 0.717) is 23.9 Å². The van der Waals surface area contributed by atoms with Crippen LogP contribution in [-0.2, 0) is 19.6 Å². The molecule has 176 valence electrons. The highest BCUT2D eigenvalue weighted by atomic mass is 35.5. The molecule has 11 heteroatoms. The number of sulfonamides is 1. The first kappa shape index (κ1) is 24.7. The molecule has 0 saturated heterocycles. The Kier molecular flexibility index (Phi) is 8.84. The van der Waals surface area contributed by atoms with Crippen molar-refractivity contribution in [3.05, 3.63) is 59.8 Å². The largest absolute Gasteiger partial charge is 0.484 e. The van der Waals surface area contributed by atoms with Crippen LogP contribution in [0.5, 0.6) is 5.75 Å². The average Bonchev–Trinajstić information content (AvgIpc) is 2.80. The molecule has 1 amide bonds. The molecule has 0 aliphatic rings. The van der Waals surface area contributed by atoms with Gasteiger partial charge in [-0.1, -0.05) is 11.6 Å². The van der Waals surface area contributed by atoms with Gasteiger partial charge in [0.25, 0.3) is 5.91 Å². The Hall–Kier alpha value is -2.92. The lowest BCUT2D eigenvalue weighted by Gasteiger charge is -2.11. The van der Waals surface area contributed by atoms with Gasteiger partial charge in [-0.3, -0.25) is 9.78 Å². The highest BCUT2D eigenvalue weighted by molar-refractivity contribution is 7.89. The number of pyridine rings is 1. The number of aromatic nitrogens is 1. The summed E-state index contributed by atoms with van der Waals surface area (Å²) in [5.74, 6) is 0.0992. The van der Waals surface area contributed by atoms with Crippen LogP contribution in [0.25, 0.3) is 10.9 Å². The monoisotopic (exact) mass is 492 g/mol. The van der Waals surface area contributed by atoms with Gasteiger partial charge in [0.05, 0.1) is 17.0 Å². The topological polar surface area (TPSA) is 119 Å². The second-order valence-electron chi connectivity index (χ2n) is 6.95. The Morgan fingerprint density at radius 1 is 1.06 bits per heavy atom. The minimum absolute atomic E-state index is 0.104. The van der Waals surface area contributed by atoms with Gasteiger partial charge in [-0.05, 0) is 48.5 Å². The molecule has 0 aliphatic carbocycles. The molecule has 2 aromatic carbocycles. The Morgan fingerprint density at radius 2 is 1.85 bits per heavy atom. The van der Waals surface area contributed by atoms with E-state index in [1.165, 1.54) is 31.4 Å². The van der Waals surface area contributed by atoms with Gasteiger partial charge in [0, 0.05) is 49.0 Å². The lowest BCUT2D eigenvalue weighted by Crippen LogP contribution is -2.32. The van der Waals surface area contributed by atoms with Gasteiger partial charge in [0.15, 0.2) is 6.61 Å². The van der Waals surface area contributed by atoms with Gasteiger partial charge >= 0.3 is 0 Å². The number of nitrogens with one attached hydrogen (secondary N) is 3. The molecule has 0 atom stereocenters. The summed E-state index contributed by atoms with van der Waals surface area (Å²) in [6.07, 6.45) is 1.69. The van der Waals surface area contributed by atoms with Crippen LogP contribution in [0.1, 0.15) is 0 Å².